The lowest BCUT2D eigenvalue weighted by Crippen LogP contribution is -2.22. The van der Waals surface area contributed by atoms with Gasteiger partial charge in [0.1, 0.15) is 11.6 Å². The van der Waals surface area contributed by atoms with Crippen molar-refractivity contribution >= 4 is 34.0 Å². The highest BCUT2D eigenvalue weighted by atomic mass is 19.1. The number of nitrogen functional groups attached to an aromatic ring is 1. The second-order valence-electron chi connectivity index (χ2n) is 5.54. The second-order valence-corrected chi connectivity index (χ2v) is 5.54. The second kappa shape index (κ2) is 7.18. The molecule has 0 aliphatic carbocycles. The van der Waals surface area contributed by atoms with Crippen LogP contribution in [0, 0.1) is 11.6 Å². The Balaban J connectivity index is 1.66. The normalized spacial score (nSPS) is 10.5. The van der Waals surface area contributed by atoms with Crippen molar-refractivity contribution in [2.75, 3.05) is 17.7 Å². The monoisotopic (exact) mass is 356 g/mol. The molecule has 0 aromatic heterocycles. The topological polar surface area (TPSA) is 81.4 Å². The molecule has 0 saturated carbocycles. The Bertz CT molecular complexity index is 1010. The van der Waals surface area contributed by atoms with Crippen LogP contribution in [-0.2, 0) is 9.53 Å². The summed E-state index contributed by atoms with van der Waals surface area (Å²) in [6.07, 6.45) is 0. The molecule has 0 spiro atoms. The Kier molecular flexibility index (Phi) is 4.79. The minimum atomic E-state index is -0.927. The van der Waals surface area contributed by atoms with Crippen LogP contribution >= 0.6 is 0 Å². The van der Waals surface area contributed by atoms with Gasteiger partial charge in [0, 0.05) is 11.8 Å². The molecule has 5 nitrogen and oxygen atoms in total. The molecule has 3 aromatic rings. The van der Waals surface area contributed by atoms with Crippen LogP contribution in [0.5, 0.6) is 0 Å². The SMILES string of the molecule is Nc1cc2ccccc2cc1C(=O)OCC(=O)Nc1ccc(F)cc1F. The molecule has 0 radical (unpaired) electrons. The fourth-order valence-corrected chi connectivity index (χ4v) is 2.42. The average molecular weight is 356 g/mol. The van der Waals surface area contributed by atoms with Gasteiger partial charge >= 0.3 is 5.97 Å². The molecule has 0 aliphatic rings. The molecule has 0 bridgehead atoms. The van der Waals surface area contributed by atoms with E-state index in [1.54, 1.807) is 12.1 Å². The van der Waals surface area contributed by atoms with Crippen molar-refractivity contribution in [1.82, 2.24) is 0 Å². The van der Waals surface area contributed by atoms with Crippen molar-refractivity contribution in [2.24, 2.45) is 0 Å². The summed E-state index contributed by atoms with van der Waals surface area (Å²) in [4.78, 5) is 24.0. The Morgan fingerprint density at radius 2 is 1.69 bits per heavy atom. The Hall–Kier alpha value is -3.48. The molecule has 3 rings (SSSR count). The summed E-state index contributed by atoms with van der Waals surface area (Å²) >= 11 is 0. The van der Waals surface area contributed by atoms with Crippen LogP contribution in [0.1, 0.15) is 10.4 Å². The van der Waals surface area contributed by atoms with E-state index in [4.69, 9.17) is 10.5 Å². The standard InChI is InChI=1S/C19H14F2N2O3/c20-13-5-6-17(15(21)9-13)23-18(24)10-26-19(25)14-7-11-3-1-2-4-12(11)8-16(14)22/h1-9H,10,22H2,(H,23,24). The average Bonchev–Trinajstić information content (AvgIpc) is 2.61. The molecule has 0 heterocycles. The third kappa shape index (κ3) is 3.77. The van der Waals surface area contributed by atoms with E-state index in [1.165, 1.54) is 0 Å². The number of ether oxygens (including phenoxy) is 1. The van der Waals surface area contributed by atoms with Gasteiger partial charge in [-0.3, -0.25) is 4.79 Å². The van der Waals surface area contributed by atoms with Crippen LogP contribution in [0.25, 0.3) is 10.8 Å². The zero-order valence-corrected chi connectivity index (χ0v) is 13.5. The zero-order chi connectivity index (χ0) is 18.7. The molecule has 26 heavy (non-hydrogen) atoms. The molecule has 7 heteroatoms. The van der Waals surface area contributed by atoms with Crippen molar-refractivity contribution < 1.29 is 23.1 Å². The molecule has 0 unspecified atom stereocenters. The number of nitrogens with two attached hydrogens (primary N) is 1. The van der Waals surface area contributed by atoms with Crippen molar-refractivity contribution in [1.29, 1.82) is 0 Å². The van der Waals surface area contributed by atoms with Gasteiger partial charge in [0.25, 0.3) is 5.91 Å². The van der Waals surface area contributed by atoms with Gasteiger partial charge in [-0.1, -0.05) is 24.3 Å². The van der Waals surface area contributed by atoms with Crippen LogP contribution in [0.3, 0.4) is 0 Å². The van der Waals surface area contributed by atoms with E-state index in [2.05, 4.69) is 5.32 Å². The number of fused-ring (bicyclic) bond motifs is 1. The summed E-state index contributed by atoms with van der Waals surface area (Å²) in [5.41, 5.74) is 6.00. The first kappa shape index (κ1) is 17.3. The van der Waals surface area contributed by atoms with Crippen LogP contribution in [0.4, 0.5) is 20.2 Å². The van der Waals surface area contributed by atoms with Gasteiger partial charge in [0.05, 0.1) is 11.3 Å². The number of rotatable bonds is 4. The summed E-state index contributed by atoms with van der Waals surface area (Å²) in [5, 5.41) is 3.86. The fraction of sp³-hybridized carbons (Fsp3) is 0.0526. The lowest BCUT2D eigenvalue weighted by molar-refractivity contribution is -0.119. The zero-order valence-electron chi connectivity index (χ0n) is 13.5. The van der Waals surface area contributed by atoms with Crippen molar-refractivity contribution in [2.45, 2.75) is 0 Å². The van der Waals surface area contributed by atoms with Crippen molar-refractivity contribution in [3.8, 4) is 0 Å². The van der Waals surface area contributed by atoms with Crippen LogP contribution < -0.4 is 11.1 Å². The van der Waals surface area contributed by atoms with Crippen molar-refractivity contribution in [3.63, 3.8) is 0 Å². The predicted molar refractivity (Wildman–Crippen MR) is 93.6 cm³/mol. The maximum atomic E-state index is 13.5. The highest BCUT2D eigenvalue weighted by Crippen LogP contribution is 2.22. The first-order valence-electron chi connectivity index (χ1n) is 7.64. The molecular weight excluding hydrogens is 342 g/mol. The van der Waals surface area contributed by atoms with Crippen LogP contribution in [0.15, 0.2) is 54.6 Å². The predicted octanol–water partition coefficient (Wildman–Crippen LogP) is 3.50. The number of amides is 1. The molecule has 0 saturated heterocycles. The summed E-state index contributed by atoms with van der Waals surface area (Å²) in [7, 11) is 0. The van der Waals surface area contributed by atoms with Gasteiger partial charge in [0.2, 0.25) is 0 Å². The summed E-state index contributed by atoms with van der Waals surface area (Å²) in [6.45, 7) is -0.637. The molecular formula is C19H14F2N2O3. The molecule has 3 N–H and O–H groups in total. The van der Waals surface area contributed by atoms with Crippen LogP contribution in [0.2, 0.25) is 0 Å². The first-order valence-corrected chi connectivity index (χ1v) is 7.64. The summed E-state index contributed by atoms with van der Waals surface area (Å²) in [6, 6.07) is 13.3. The number of nitrogens with one attached hydrogen (secondary N) is 1. The number of anilines is 2. The summed E-state index contributed by atoms with van der Waals surface area (Å²) in [5.74, 6) is -3.23. The van der Waals surface area contributed by atoms with E-state index in [0.717, 1.165) is 22.9 Å². The number of hydrogen-bond acceptors (Lipinski definition) is 4. The maximum absolute atomic E-state index is 13.5. The number of halogens is 2. The molecule has 132 valence electrons. The highest BCUT2D eigenvalue weighted by Gasteiger charge is 2.15. The van der Waals surface area contributed by atoms with Gasteiger partial charge in [-0.15, -0.1) is 0 Å². The minimum Gasteiger partial charge on any atom is -0.452 e. The van der Waals surface area contributed by atoms with Gasteiger partial charge < -0.3 is 15.8 Å². The minimum absolute atomic E-state index is 0.129. The molecule has 0 aliphatic heterocycles. The van der Waals surface area contributed by atoms with E-state index in [1.807, 2.05) is 24.3 Å². The quantitative estimate of drug-likeness (QED) is 0.554. The fourth-order valence-electron chi connectivity index (χ4n) is 2.42. The maximum Gasteiger partial charge on any atom is 0.340 e. The Morgan fingerprint density at radius 3 is 2.38 bits per heavy atom. The molecule has 3 aromatic carbocycles. The number of esters is 1. The number of carbonyl (C=O) groups excluding carboxylic acids is 2. The van der Waals surface area contributed by atoms with E-state index in [0.29, 0.717) is 6.07 Å². The van der Waals surface area contributed by atoms with Gasteiger partial charge in [-0.05, 0) is 35.0 Å². The first-order chi connectivity index (χ1) is 12.4. The Labute approximate surface area is 147 Å². The van der Waals surface area contributed by atoms with Crippen molar-refractivity contribution in [3.05, 3.63) is 71.8 Å². The number of carbonyl (C=O) groups is 2. The van der Waals surface area contributed by atoms with E-state index in [-0.39, 0.29) is 16.9 Å². The third-order valence-electron chi connectivity index (χ3n) is 3.68. The van der Waals surface area contributed by atoms with Gasteiger partial charge in [-0.25, -0.2) is 13.6 Å². The van der Waals surface area contributed by atoms with E-state index in [9.17, 15) is 18.4 Å². The summed E-state index contributed by atoms with van der Waals surface area (Å²) < 4.78 is 31.3. The molecule has 0 atom stereocenters. The third-order valence-corrected chi connectivity index (χ3v) is 3.68. The number of hydrogen-bond donors (Lipinski definition) is 2. The van der Waals surface area contributed by atoms with E-state index >= 15 is 0 Å². The van der Waals surface area contributed by atoms with E-state index < -0.39 is 30.1 Å². The largest absolute Gasteiger partial charge is 0.452 e. The van der Waals surface area contributed by atoms with Gasteiger partial charge in [0.15, 0.2) is 6.61 Å². The Morgan fingerprint density at radius 1 is 1.00 bits per heavy atom. The number of benzene rings is 3. The smallest absolute Gasteiger partial charge is 0.340 e. The van der Waals surface area contributed by atoms with Gasteiger partial charge in [-0.2, -0.15) is 0 Å². The lowest BCUT2D eigenvalue weighted by Gasteiger charge is -2.09. The lowest BCUT2D eigenvalue weighted by atomic mass is 10.1. The van der Waals surface area contributed by atoms with Crippen LogP contribution in [-0.4, -0.2) is 18.5 Å². The molecule has 1 amide bonds. The molecule has 0 fully saturated rings. The highest BCUT2D eigenvalue weighted by molar-refractivity contribution is 6.02.